The molecule has 9 heteroatoms. The van der Waals surface area contributed by atoms with Gasteiger partial charge in [-0.2, -0.15) is 5.26 Å². The maximum atomic E-state index is 13.1. The van der Waals surface area contributed by atoms with Crippen molar-refractivity contribution in [1.82, 2.24) is 19.9 Å². The van der Waals surface area contributed by atoms with Crippen molar-refractivity contribution in [3.63, 3.8) is 0 Å². The molecule has 9 nitrogen and oxygen atoms in total. The normalized spacial score (nSPS) is 10.3. The van der Waals surface area contributed by atoms with Crippen molar-refractivity contribution < 1.29 is 9.72 Å². The molecular weight excluding hydrogens is 384 g/mol. The third-order valence-corrected chi connectivity index (χ3v) is 4.48. The lowest BCUT2D eigenvalue weighted by Crippen LogP contribution is -2.31. The van der Waals surface area contributed by atoms with Gasteiger partial charge in [0.2, 0.25) is 0 Å². The lowest BCUT2D eigenvalue weighted by molar-refractivity contribution is -0.384. The Morgan fingerprint density at radius 2 is 2.07 bits per heavy atom. The molecule has 0 spiro atoms. The summed E-state index contributed by atoms with van der Waals surface area (Å²) < 4.78 is 1.40. The molecule has 0 atom stereocenters. The molecule has 0 saturated heterocycles. The highest BCUT2D eigenvalue weighted by Gasteiger charge is 2.23. The SMILES string of the molecule is C=CCN(Cc1ccc(C#N)cc1)C(=O)c1nnn(-c2cccc([N+](=O)[O-])c2)c1C. The van der Waals surface area contributed by atoms with E-state index in [0.717, 1.165) is 5.56 Å². The Labute approximate surface area is 172 Å². The van der Waals surface area contributed by atoms with Gasteiger partial charge in [0.1, 0.15) is 0 Å². The molecule has 1 aromatic heterocycles. The first-order valence-electron chi connectivity index (χ1n) is 9.01. The molecule has 1 heterocycles. The number of nitriles is 1. The number of rotatable bonds is 7. The lowest BCUT2D eigenvalue weighted by atomic mass is 10.1. The number of carbonyl (C=O) groups is 1. The monoisotopic (exact) mass is 402 g/mol. The van der Waals surface area contributed by atoms with Crippen LogP contribution in [0.5, 0.6) is 0 Å². The second-order valence-corrected chi connectivity index (χ2v) is 6.50. The molecule has 1 amide bonds. The van der Waals surface area contributed by atoms with Crippen LogP contribution in [0.1, 0.15) is 27.3 Å². The van der Waals surface area contributed by atoms with Crippen molar-refractivity contribution in [3.8, 4) is 11.8 Å². The summed E-state index contributed by atoms with van der Waals surface area (Å²) in [6.45, 7) is 5.98. The van der Waals surface area contributed by atoms with E-state index in [9.17, 15) is 14.9 Å². The minimum atomic E-state index is -0.495. The maximum Gasteiger partial charge on any atom is 0.276 e. The Hall–Kier alpha value is -4.32. The lowest BCUT2D eigenvalue weighted by Gasteiger charge is -2.20. The first-order valence-corrected chi connectivity index (χ1v) is 9.01. The van der Waals surface area contributed by atoms with Crippen molar-refractivity contribution in [2.45, 2.75) is 13.5 Å². The molecule has 3 aromatic rings. The van der Waals surface area contributed by atoms with E-state index in [0.29, 0.717) is 30.0 Å². The fourth-order valence-electron chi connectivity index (χ4n) is 2.94. The average Bonchev–Trinajstić information content (AvgIpc) is 3.14. The van der Waals surface area contributed by atoms with Gasteiger partial charge in [0.05, 0.1) is 27.9 Å². The molecular formula is C21H18N6O3. The predicted molar refractivity (Wildman–Crippen MR) is 109 cm³/mol. The van der Waals surface area contributed by atoms with Crippen LogP contribution in [0.15, 0.2) is 61.2 Å². The van der Waals surface area contributed by atoms with Crippen LogP contribution in [0.3, 0.4) is 0 Å². The van der Waals surface area contributed by atoms with Gasteiger partial charge in [0.15, 0.2) is 5.69 Å². The van der Waals surface area contributed by atoms with E-state index < -0.39 is 4.92 Å². The van der Waals surface area contributed by atoms with Crippen LogP contribution in [0.4, 0.5) is 5.69 Å². The average molecular weight is 402 g/mol. The zero-order valence-corrected chi connectivity index (χ0v) is 16.2. The maximum absolute atomic E-state index is 13.1. The summed E-state index contributed by atoms with van der Waals surface area (Å²) in [5.41, 5.74) is 2.37. The molecule has 0 aliphatic rings. The second-order valence-electron chi connectivity index (χ2n) is 6.50. The Kier molecular flexibility index (Phi) is 5.98. The number of aromatic nitrogens is 3. The van der Waals surface area contributed by atoms with Crippen LogP contribution in [-0.2, 0) is 6.54 Å². The van der Waals surface area contributed by atoms with Crippen LogP contribution < -0.4 is 0 Å². The Morgan fingerprint density at radius 1 is 1.33 bits per heavy atom. The highest BCUT2D eigenvalue weighted by molar-refractivity contribution is 5.93. The Balaban J connectivity index is 1.88. The summed E-state index contributed by atoms with van der Waals surface area (Å²) in [6.07, 6.45) is 1.61. The zero-order valence-electron chi connectivity index (χ0n) is 16.2. The number of hydrogen-bond acceptors (Lipinski definition) is 6. The molecule has 0 saturated carbocycles. The third-order valence-electron chi connectivity index (χ3n) is 4.48. The number of benzene rings is 2. The molecule has 0 aliphatic carbocycles. The largest absolute Gasteiger partial charge is 0.329 e. The first-order chi connectivity index (χ1) is 14.4. The fraction of sp³-hybridized carbons (Fsp3) is 0.143. The van der Waals surface area contributed by atoms with Gasteiger partial charge in [-0.3, -0.25) is 14.9 Å². The summed E-state index contributed by atoms with van der Waals surface area (Å²) in [4.78, 5) is 25.2. The zero-order chi connectivity index (χ0) is 21.7. The summed E-state index contributed by atoms with van der Waals surface area (Å²) in [7, 11) is 0. The van der Waals surface area contributed by atoms with E-state index in [1.165, 1.54) is 16.8 Å². The topological polar surface area (TPSA) is 118 Å². The van der Waals surface area contributed by atoms with E-state index in [1.54, 1.807) is 54.3 Å². The van der Waals surface area contributed by atoms with Crippen LogP contribution >= 0.6 is 0 Å². The van der Waals surface area contributed by atoms with E-state index in [1.807, 2.05) is 0 Å². The van der Waals surface area contributed by atoms with Crippen molar-refractivity contribution in [3.05, 3.63) is 93.8 Å². The van der Waals surface area contributed by atoms with Crippen LogP contribution in [0, 0.1) is 28.4 Å². The summed E-state index contributed by atoms with van der Waals surface area (Å²) in [5.74, 6) is -0.339. The minimum Gasteiger partial charge on any atom is -0.329 e. The van der Waals surface area contributed by atoms with Gasteiger partial charge in [-0.05, 0) is 30.7 Å². The minimum absolute atomic E-state index is 0.0793. The molecule has 0 aliphatic heterocycles. The highest BCUT2D eigenvalue weighted by atomic mass is 16.6. The number of nitrogens with zero attached hydrogens (tertiary/aromatic N) is 6. The molecule has 150 valence electrons. The molecule has 0 fully saturated rings. The van der Waals surface area contributed by atoms with Crippen LogP contribution in [0.25, 0.3) is 5.69 Å². The van der Waals surface area contributed by atoms with Crippen molar-refractivity contribution in [1.29, 1.82) is 5.26 Å². The van der Waals surface area contributed by atoms with Crippen molar-refractivity contribution in [2.75, 3.05) is 6.54 Å². The van der Waals surface area contributed by atoms with Gasteiger partial charge in [0, 0.05) is 25.2 Å². The van der Waals surface area contributed by atoms with E-state index in [2.05, 4.69) is 23.0 Å². The molecule has 0 unspecified atom stereocenters. The number of nitro benzene ring substituents is 1. The van der Waals surface area contributed by atoms with Gasteiger partial charge < -0.3 is 4.90 Å². The van der Waals surface area contributed by atoms with E-state index in [4.69, 9.17) is 5.26 Å². The van der Waals surface area contributed by atoms with E-state index >= 15 is 0 Å². The summed E-state index contributed by atoms with van der Waals surface area (Å²) >= 11 is 0. The quantitative estimate of drug-likeness (QED) is 0.340. The number of amides is 1. The second kappa shape index (κ2) is 8.79. The van der Waals surface area contributed by atoms with Crippen LogP contribution in [0.2, 0.25) is 0 Å². The molecule has 0 bridgehead atoms. The number of carbonyl (C=O) groups excluding carboxylic acids is 1. The first kappa shape index (κ1) is 20.4. The summed E-state index contributed by atoms with van der Waals surface area (Å²) in [6, 6.07) is 15.0. The van der Waals surface area contributed by atoms with Gasteiger partial charge in [-0.25, -0.2) is 4.68 Å². The molecule has 0 radical (unpaired) electrons. The molecule has 3 rings (SSSR count). The van der Waals surface area contributed by atoms with Gasteiger partial charge in [-0.15, -0.1) is 11.7 Å². The molecule has 2 aromatic carbocycles. The van der Waals surface area contributed by atoms with Crippen molar-refractivity contribution in [2.24, 2.45) is 0 Å². The Bertz CT molecular complexity index is 1140. The van der Waals surface area contributed by atoms with Gasteiger partial charge >= 0.3 is 0 Å². The predicted octanol–water partition coefficient (Wildman–Crippen LogP) is 3.18. The molecule has 0 N–H and O–H groups in total. The van der Waals surface area contributed by atoms with Crippen LogP contribution in [-0.4, -0.2) is 37.3 Å². The number of hydrogen-bond donors (Lipinski definition) is 0. The van der Waals surface area contributed by atoms with E-state index in [-0.39, 0.29) is 17.3 Å². The van der Waals surface area contributed by atoms with Crippen molar-refractivity contribution >= 4 is 11.6 Å². The summed E-state index contributed by atoms with van der Waals surface area (Å²) in [5, 5.41) is 28.0. The molecule has 30 heavy (non-hydrogen) atoms. The number of non-ortho nitro benzene ring substituents is 1. The van der Waals surface area contributed by atoms with Gasteiger partial charge in [-0.1, -0.05) is 29.5 Å². The van der Waals surface area contributed by atoms with Gasteiger partial charge in [0.25, 0.3) is 11.6 Å². The smallest absolute Gasteiger partial charge is 0.276 e. The fourth-order valence-corrected chi connectivity index (χ4v) is 2.94. The standard InChI is InChI=1S/C21H18N6O3/c1-3-11-25(14-17-9-7-16(13-22)8-10-17)21(28)20-15(2)26(24-23-20)18-5-4-6-19(12-18)27(29)30/h3-10,12H,1,11,14H2,2H3. The third kappa shape index (κ3) is 4.23. The highest BCUT2D eigenvalue weighted by Crippen LogP contribution is 2.19. The Morgan fingerprint density at radius 3 is 2.70 bits per heavy atom. The number of nitro groups is 1.